The number of esters is 2. The van der Waals surface area contributed by atoms with Crippen LogP contribution in [0.2, 0.25) is 0 Å². The van der Waals surface area contributed by atoms with Crippen molar-refractivity contribution >= 4 is 11.9 Å². The van der Waals surface area contributed by atoms with Crippen molar-refractivity contribution in [2.75, 3.05) is 13.2 Å². The van der Waals surface area contributed by atoms with Gasteiger partial charge in [-0.25, -0.2) is 0 Å². The number of rotatable bonds is 63. The molecule has 444 valence electrons. The van der Waals surface area contributed by atoms with Crippen molar-refractivity contribution in [3.05, 3.63) is 60.8 Å². The van der Waals surface area contributed by atoms with Crippen LogP contribution < -0.4 is 0 Å². The van der Waals surface area contributed by atoms with E-state index in [-0.39, 0.29) is 25.2 Å². The van der Waals surface area contributed by atoms with Gasteiger partial charge in [-0.3, -0.25) is 9.59 Å². The first-order valence-corrected chi connectivity index (χ1v) is 33.8. The Balaban J connectivity index is 3.41. The van der Waals surface area contributed by atoms with Gasteiger partial charge in [0, 0.05) is 12.8 Å². The lowest BCUT2D eigenvalue weighted by molar-refractivity contribution is -0.161. The van der Waals surface area contributed by atoms with Crippen LogP contribution in [0.3, 0.4) is 0 Å². The van der Waals surface area contributed by atoms with E-state index < -0.39 is 6.10 Å². The van der Waals surface area contributed by atoms with Crippen LogP contribution in [-0.2, 0) is 19.1 Å². The summed E-state index contributed by atoms with van der Waals surface area (Å²) in [6, 6.07) is 0. The molecule has 0 aliphatic rings. The molecule has 0 spiro atoms. The summed E-state index contributed by atoms with van der Waals surface area (Å²) < 4.78 is 10.7. The van der Waals surface area contributed by atoms with Gasteiger partial charge in [0.15, 0.2) is 6.10 Å². The fourth-order valence-electron chi connectivity index (χ4n) is 10.2. The first kappa shape index (κ1) is 73.6. The zero-order chi connectivity index (χ0) is 54.8. The largest absolute Gasteiger partial charge is 0.462 e. The van der Waals surface area contributed by atoms with E-state index in [0.717, 1.165) is 57.8 Å². The SMILES string of the molecule is CCCCCCC/C=C\C/C=C\C/C=C\CCCCCCCCCCCCC(=O)OC(CO)COC(=O)CCCCCCCCCCCCCCCCCCCCCCCCCCC/C=C\C/C=C\CCCCCCC. The molecule has 76 heavy (non-hydrogen) atoms. The summed E-state index contributed by atoms with van der Waals surface area (Å²) in [6.45, 7) is 4.16. The number of aliphatic hydroxyl groups excluding tert-OH is 1. The van der Waals surface area contributed by atoms with Gasteiger partial charge in [-0.05, 0) is 83.5 Å². The minimum atomic E-state index is -0.775. The number of aliphatic hydroxyl groups is 1. The standard InChI is InChI=1S/C71H130O5/c1-3-5-7-9-11-13-15-17-19-21-23-25-27-29-30-31-32-33-34-35-36-37-38-39-40-42-43-45-47-49-51-53-55-57-59-61-63-65-70(73)75-68-69(67-72)76-71(74)66-64-62-60-58-56-54-52-50-48-46-44-41-28-26-24-22-20-18-16-14-12-10-8-6-4-2/h15-18,21-24,28,41,69,72H,3-14,19-20,25-27,29-40,42-68H2,1-2H3/b17-15-,18-16-,23-21-,24-22-,41-28-. The van der Waals surface area contributed by atoms with Gasteiger partial charge < -0.3 is 14.6 Å². The second kappa shape index (κ2) is 66.9. The topological polar surface area (TPSA) is 72.8 Å². The Morgan fingerprint density at radius 1 is 0.303 bits per heavy atom. The minimum absolute atomic E-state index is 0.0646. The Morgan fingerprint density at radius 2 is 0.526 bits per heavy atom. The summed E-state index contributed by atoms with van der Waals surface area (Å²) >= 11 is 0. The number of ether oxygens (including phenoxy) is 2. The Hall–Kier alpha value is -2.40. The van der Waals surface area contributed by atoms with Crippen LogP contribution in [0.5, 0.6) is 0 Å². The van der Waals surface area contributed by atoms with Crippen molar-refractivity contribution in [3.63, 3.8) is 0 Å². The van der Waals surface area contributed by atoms with Gasteiger partial charge in [0.25, 0.3) is 0 Å². The summed E-state index contributed by atoms with van der Waals surface area (Å²) in [5, 5.41) is 9.69. The molecule has 0 amide bonds. The molecule has 0 aliphatic heterocycles. The van der Waals surface area contributed by atoms with Crippen molar-refractivity contribution in [1.29, 1.82) is 0 Å². The van der Waals surface area contributed by atoms with Crippen molar-refractivity contribution in [3.8, 4) is 0 Å². The van der Waals surface area contributed by atoms with Gasteiger partial charge in [0.05, 0.1) is 6.61 Å². The summed E-state index contributed by atoms with van der Waals surface area (Å²) in [7, 11) is 0. The molecule has 0 saturated carbocycles. The maximum Gasteiger partial charge on any atom is 0.306 e. The normalized spacial score (nSPS) is 12.5. The number of hydrogen-bond donors (Lipinski definition) is 1. The highest BCUT2D eigenvalue weighted by molar-refractivity contribution is 5.70. The van der Waals surface area contributed by atoms with E-state index in [4.69, 9.17) is 9.47 Å². The van der Waals surface area contributed by atoms with E-state index in [1.165, 1.54) is 276 Å². The number of carbonyl (C=O) groups is 2. The Kier molecular flexibility index (Phi) is 64.8. The van der Waals surface area contributed by atoms with Gasteiger partial charge in [0.2, 0.25) is 0 Å². The highest BCUT2D eigenvalue weighted by Crippen LogP contribution is 2.18. The molecular formula is C71H130O5. The zero-order valence-electron chi connectivity index (χ0n) is 51.0. The van der Waals surface area contributed by atoms with Crippen molar-refractivity contribution in [1.82, 2.24) is 0 Å². The van der Waals surface area contributed by atoms with Crippen LogP contribution in [0.25, 0.3) is 0 Å². The number of unbranched alkanes of at least 4 members (excludes halogenated alkanes) is 45. The molecule has 0 rings (SSSR count). The molecule has 0 aliphatic carbocycles. The van der Waals surface area contributed by atoms with E-state index >= 15 is 0 Å². The lowest BCUT2D eigenvalue weighted by Gasteiger charge is -2.15. The van der Waals surface area contributed by atoms with Crippen molar-refractivity contribution in [2.45, 2.75) is 367 Å². The maximum atomic E-state index is 12.3. The van der Waals surface area contributed by atoms with E-state index in [2.05, 4.69) is 74.6 Å². The Morgan fingerprint density at radius 3 is 0.789 bits per heavy atom. The highest BCUT2D eigenvalue weighted by Gasteiger charge is 2.16. The van der Waals surface area contributed by atoms with Crippen LogP contribution in [0.15, 0.2) is 60.8 Å². The van der Waals surface area contributed by atoms with E-state index in [0.29, 0.717) is 12.8 Å². The molecule has 0 fully saturated rings. The summed E-state index contributed by atoms with van der Waals surface area (Å²) in [5.74, 6) is -0.578. The molecule has 0 aromatic rings. The molecule has 1 atom stereocenters. The average molecular weight is 1060 g/mol. The van der Waals surface area contributed by atoms with Crippen LogP contribution in [0.4, 0.5) is 0 Å². The molecule has 5 heteroatoms. The predicted molar refractivity (Wildman–Crippen MR) is 334 cm³/mol. The molecule has 0 aromatic heterocycles. The second-order valence-corrected chi connectivity index (χ2v) is 22.9. The number of allylic oxidation sites excluding steroid dienone is 10. The average Bonchev–Trinajstić information content (AvgIpc) is 3.42. The lowest BCUT2D eigenvalue weighted by atomic mass is 10.0. The molecule has 0 bridgehead atoms. The third-order valence-corrected chi connectivity index (χ3v) is 15.3. The number of hydrogen-bond acceptors (Lipinski definition) is 5. The fraction of sp³-hybridized carbons (Fsp3) is 0.831. The van der Waals surface area contributed by atoms with Gasteiger partial charge >= 0.3 is 11.9 Å². The highest BCUT2D eigenvalue weighted by atomic mass is 16.6. The molecule has 0 saturated heterocycles. The van der Waals surface area contributed by atoms with Gasteiger partial charge in [0.1, 0.15) is 6.61 Å². The monoisotopic (exact) mass is 1060 g/mol. The first-order valence-electron chi connectivity index (χ1n) is 33.8. The number of carbonyl (C=O) groups excluding carboxylic acids is 2. The van der Waals surface area contributed by atoms with E-state index in [1.54, 1.807) is 0 Å². The third kappa shape index (κ3) is 64.1. The van der Waals surface area contributed by atoms with Crippen molar-refractivity contribution in [2.24, 2.45) is 0 Å². The van der Waals surface area contributed by atoms with Crippen LogP contribution in [-0.4, -0.2) is 36.4 Å². The summed E-state index contributed by atoms with van der Waals surface area (Å²) in [5.41, 5.74) is 0. The molecule has 0 radical (unpaired) electrons. The summed E-state index contributed by atoms with van der Waals surface area (Å²) in [6.07, 6.45) is 91.0. The fourth-order valence-corrected chi connectivity index (χ4v) is 10.2. The molecule has 1 N–H and O–H groups in total. The quantitative estimate of drug-likeness (QED) is 0.0373. The smallest absolute Gasteiger partial charge is 0.306 e. The van der Waals surface area contributed by atoms with Gasteiger partial charge in [-0.2, -0.15) is 0 Å². The Labute approximate surface area is 474 Å². The molecule has 1 unspecified atom stereocenters. The van der Waals surface area contributed by atoms with E-state index in [9.17, 15) is 14.7 Å². The Bertz CT molecular complexity index is 1300. The van der Waals surface area contributed by atoms with Crippen LogP contribution in [0.1, 0.15) is 361 Å². The molecule has 5 nitrogen and oxygen atoms in total. The van der Waals surface area contributed by atoms with Gasteiger partial charge in [-0.1, -0.05) is 325 Å². The van der Waals surface area contributed by atoms with Gasteiger partial charge in [-0.15, -0.1) is 0 Å². The second-order valence-electron chi connectivity index (χ2n) is 22.9. The van der Waals surface area contributed by atoms with Crippen LogP contribution in [0, 0.1) is 0 Å². The van der Waals surface area contributed by atoms with Crippen molar-refractivity contribution < 1.29 is 24.2 Å². The molecule has 0 aromatic carbocycles. The van der Waals surface area contributed by atoms with Crippen LogP contribution >= 0.6 is 0 Å². The third-order valence-electron chi connectivity index (χ3n) is 15.3. The molecule has 0 heterocycles. The minimum Gasteiger partial charge on any atom is -0.462 e. The predicted octanol–water partition coefficient (Wildman–Crippen LogP) is 23.3. The summed E-state index contributed by atoms with van der Waals surface area (Å²) in [4.78, 5) is 24.6. The zero-order valence-corrected chi connectivity index (χ0v) is 51.0. The maximum absolute atomic E-state index is 12.3. The van der Waals surface area contributed by atoms with E-state index in [1.807, 2.05) is 0 Å². The first-order chi connectivity index (χ1) is 37.6. The lowest BCUT2D eigenvalue weighted by Crippen LogP contribution is -2.28. The molecular weight excluding hydrogens is 933 g/mol.